The summed E-state index contributed by atoms with van der Waals surface area (Å²) in [6.07, 6.45) is 1.65. The van der Waals surface area contributed by atoms with E-state index < -0.39 is 32.1 Å². The van der Waals surface area contributed by atoms with Gasteiger partial charge in [-0.2, -0.15) is 4.31 Å². The number of fused-ring (bicyclic) bond motifs is 1. The Morgan fingerprint density at radius 2 is 1.62 bits per heavy atom. The fourth-order valence-electron chi connectivity index (χ4n) is 4.29. The molecule has 1 aliphatic rings. The Balaban J connectivity index is 1.38. The molecule has 1 unspecified atom stereocenters. The summed E-state index contributed by atoms with van der Waals surface area (Å²) >= 11 is 12.5. The van der Waals surface area contributed by atoms with E-state index in [4.69, 9.17) is 27.9 Å². The monoisotopic (exact) mass is 626 g/mol. The van der Waals surface area contributed by atoms with E-state index in [9.17, 15) is 21.6 Å². The summed E-state index contributed by atoms with van der Waals surface area (Å²) in [6.45, 7) is 2.33. The fraction of sp³-hybridized carbons (Fsp3) is 0.269. The normalized spacial score (nSPS) is 14.6. The molecule has 0 aromatic heterocycles. The number of anilines is 2. The number of methoxy groups -OCH3 is 1. The molecule has 2 amide bonds. The van der Waals surface area contributed by atoms with E-state index >= 15 is 0 Å². The number of hydrogen-bond acceptors (Lipinski definition) is 6. The van der Waals surface area contributed by atoms with Gasteiger partial charge in [0.25, 0.3) is 10.0 Å². The van der Waals surface area contributed by atoms with Crippen molar-refractivity contribution >= 4 is 60.7 Å². The Morgan fingerprint density at radius 3 is 2.27 bits per heavy atom. The highest BCUT2D eigenvalue weighted by molar-refractivity contribution is 7.92. The van der Waals surface area contributed by atoms with Gasteiger partial charge in [0, 0.05) is 24.5 Å². The summed E-state index contributed by atoms with van der Waals surface area (Å²) in [5.74, 6) is 0.421. The fourth-order valence-corrected chi connectivity index (χ4v) is 6.70. The molecule has 3 N–H and O–H groups in total. The molecule has 3 aromatic rings. The number of nitrogens with zero attached hydrogens (tertiary/aromatic N) is 1. The van der Waals surface area contributed by atoms with Crippen LogP contribution in [0.3, 0.4) is 0 Å². The van der Waals surface area contributed by atoms with Crippen LogP contribution in [0.4, 0.5) is 16.2 Å². The smallest absolute Gasteiger partial charge is 0.319 e. The Hall–Kier alpha value is -3.03. The number of hydrogen-bond donors (Lipinski definition) is 3. The van der Waals surface area contributed by atoms with Crippen molar-refractivity contribution in [2.45, 2.75) is 30.8 Å². The van der Waals surface area contributed by atoms with Crippen molar-refractivity contribution in [1.82, 2.24) is 9.62 Å². The first-order valence-electron chi connectivity index (χ1n) is 12.1. The zero-order chi connectivity index (χ0) is 29.2. The van der Waals surface area contributed by atoms with E-state index in [1.54, 1.807) is 37.3 Å². The van der Waals surface area contributed by atoms with Crippen molar-refractivity contribution in [1.29, 1.82) is 0 Å². The minimum absolute atomic E-state index is 0.00690. The molecule has 0 radical (unpaired) electrons. The third-order valence-corrected chi connectivity index (χ3v) is 9.96. The average molecular weight is 628 g/mol. The van der Waals surface area contributed by atoms with E-state index in [2.05, 4.69) is 15.4 Å². The van der Waals surface area contributed by atoms with E-state index in [-0.39, 0.29) is 21.5 Å². The topological polar surface area (TPSA) is 134 Å². The third-order valence-electron chi connectivity index (χ3n) is 6.44. The molecule has 0 aliphatic carbocycles. The summed E-state index contributed by atoms with van der Waals surface area (Å²) < 4.78 is 58.7. The summed E-state index contributed by atoms with van der Waals surface area (Å²) in [5, 5.41) is 5.94. The average Bonchev–Trinajstić information content (AvgIpc) is 2.89. The lowest BCUT2D eigenvalue weighted by Crippen LogP contribution is -2.35. The highest BCUT2D eigenvalue weighted by Crippen LogP contribution is 2.37. The summed E-state index contributed by atoms with van der Waals surface area (Å²) in [6, 6.07) is 13.1. The number of amides is 2. The van der Waals surface area contributed by atoms with Gasteiger partial charge in [-0.05, 0) is 72.5 Å². The van der Waals surface area contributed by atoms with Crippen molar-refractivity contribution in [3.05, 3.63) is 81.3 Å². The standard InChI is InChI=1S/C26H28Cl2N4O6S2/c1-16(22-10-11-23(38-2)25(28)24(22)27)29-26(33)30-19-6-8-21(9-7-19)40(36,37)31-20-5-4-18-15-32(39(3,34)35)13-12-17(18)14-20/h4-11,14,16,31H,12-13,15H2,1-3H3,(H2,29,30,33). The molecule has 0 fully saturated rings. The molecule has 0 bridgehead atoms. The molecule has 1 aliphatic heterocycles. The van der Waals surface area contributed by atoms with Crippen molar-refractivity contribution < 1.29 is 26.4 Å². The van der Waals surface area contributed by atoms with Crippen LogP contribution in [0.2, 0.25) is 10.0 Å². The van der Waals surface area contributed by atoms with E-state index in [1.165, 1.54) is 41.9 Å². The van der Waals surface area contributed by atoms with E-state index in [0.717, 1.165) is 11.1 Å². The molecule has 14 heteroatoms. The minimum atomic E-state index is -3.91. The largest absolute Gasteiger partial charge is 0.495 e. The quantitative estimate of drug-likeness (QED) is 0.322. The number of halogens is 2. The Bertz CT molecular complexity index is 1650. The van der Waals surface area contributed by atoms with E-state index in [0.29, 0.717) is 35.7 Å². The maximum Gasteiger partial charge on any atom is 0.319 e. The second kappa shape index (κ2) is 11.8. The second-order valence-electron chi connectivity index (χ2n) is 9.27. The highest BCUT2D eigenvalue weighted by atomic mass is 35.5. The van der Waals surface area contributed by atoms with Crippen LogP contribution in [-0.4, -0.2) is 47.1 Å². The van der Waals surface area contributed by atoms with Gasteiger partial charge >= 0.3 is 6.03 Å². The summed E-state index contributed by atoms with van der Waals surface area (Å²) in [4.78, 5) is 12.5. The van der Waals surface area contributed by atoms with Gasteiger partial charge in [-0.15, -0.1) is 0 Å². The molecular formula is C26H28Cl2N4O6S2. The van der Waals surface area contributed by atoms with Gasteiger partial charge in [-0.25, -0.2) is 21.6 Å². The summed E-state index contributed by atoms with van der Waals surface area (Å²) in [5.41, 5.74) is 3.08. The molecule has 1 atom stereocenters. The number of urea groups is 1. The minimum Gasteiger partial charge on any atom is -0.495 e. The van der Waals surface area contributed by atoms with Crippen LogP contribution in [0.5, 0.6) is 5.75 Å². The maximum atomic E-state index is 13.0. The van der Waals surface area contributed by atoms with Crippen molar-refractivity contribution in [2.75, 3.05) is 29.9 Å². The second-order valence-corrected chi connectivity index (χ2v) is 13.7. The van der Waals surface area contributed by atoms with Crippen LogP contribution >= 0.6 is 23.2 Å². The van der Waals surface area contributed by atoms with Crippen LogP contribution < -0.4 is 20.1 Å². The molecule has 10 nitrogen and oxygen atoms in total. The first-order chi connectivity index (χ1) is 18.8. The summed E-state index contributed by atoms with van der Waals surface area (Å²) in [7, 11) is -5.74. The molecule has 0 saturated carbocycles. The number of carbonyl (C=O) groups excluding carboxylic acids is 1. The highest BCUT2D eigenvalue weighted by Gasteiger charge is 2.24. The van der Waals surface area contributed by atoms with Gasteiger partial charge in [0.05, 0.1) is 29.3 Å². The molecule has 0 saturated heterocycles. The maximum absolute atomic E-state index is 13.0. The number of nitrogens with one attached hydrogen (secondary N) is 3. The molecule has 0 spiro atoms. The third kappa shape index (κ3) is 6.81. The number of sulfonamides is 2. The lowest BCUT2D eigenvalue weighted by Gasteiger charge is -2.27. The predicted molar refractivity (Wildman–Crippen MR) is 156 cm³/mol. The molecule has 1 heterocycles. The first kappa shape index (κ1) is 29.9. The van der Waals surface area contributed by atoms with E-state index in [1.807, 2.05) is 0 Å². The lowest BCUT2D eigenvalue weighted by molar-refractivity contribution is 0.249. The lowest BCUT2D eigenvalue weighted by atomic mass is 10.0. The Morgan fingerprint density at radius 1 is 0.950 bits per heavy atom. The van der Waals surface area contributed by atoms with Crippen LogP contribution in [0.25, 0.3) is 0 Å². The van der Waals surface area contributed by atoms with Crippen LogP contribution in [0.1, 0.15) is 29.7 Å². The number of benzene rings is 3. The van der Waals surface area contributed by atoms with Gasteiger partial charge in [0.1, 0.15) is 10.8 Å². The van der Waals surface area contributed by atoms with Crippen LogP contribution in [-0.2, 0) is 33.0 Å². The van der Waals surface area contributed by atoms with Crippen LogP contribution in [0, 0.1) is 0 Å². The molecule has 3 aromatic carbocycles. The number of carbonyl (C=O) groups is 1. The van der Waals surface area contributed by atoms with Crippen molar-refractivity contribution in [3.8, 4) is 5.75 Å². The Kier molecular flexibility index (Phi) is 8.86. The molecule has 40 heavy (non-hydrogen) atoms. The van der Waals surface area contributed by atoms with Gasteiger partial charge in [0.15, 0.2) is 0 Å². The van der Waals surface area contributed by atoms with Gasteiger partial charge in [-0.3, -0.25) is 4.72 Å². The van der Waals surface area contributed by atoms with Crippen molar-refractivity contribution in [2.24, 2.45) is 0 Å². The SMILES string of the molecule is COc1ccc(C(C)NC(=O)Nc2ccc(S(=O)(=O)Nc3ccc4c(c3)CCN(S(C)(=O)=O)C4)cc2)c(Cl)c1Cl. The molecule has 4 rings (SSSR count). The Labute approximate surface area is 243 Å². The zero-order valence-corrected chi connectivity index (χ0v) is 25.0. The number of ether oxygens (including phenoxy) is 1. The number of rotatable bonds is 8. The zero-order valence-electron chi connectivity index (χ0n) is 21.9. The van der Waals surface area contributed by atoms with Gasteiger partial charge in [-0.1, -0.05) is 35.3 Å². The first-order valence-corrected chi connectivity index (χ1v) is 16.2. The van der Waals surface area contributed by atoms with Crippen molar-refractivity contribution in [3.63, 3.8) is 0 Å². The van der Waals surface area contributed by atoms with Crippen LogP contribution in [0.15, 0.2) is 59.5 Å². The molecular weight excluding hydrogens is 599 g/mol. The van der Waals surface area contributed by atoms with Gasteiger partial charge < -0.3 is 15.4 Å². The van der Waals surface area contributed by atoms with Gasteiger partial charge in [0.2, 0.25) is 10.0 Å². The predicted octanol–water partition coefficient (Wildman–Crippen LogP) is 5.00. The molecule has 214 valence electrons.